The van der Waals surface area contributed by atoms with Crippen LogP contribution in [0.2, 0.25) is 5.02 Å². The molecule has 0 aliphatic carbocycles. The van der Waals surface area contributed by atoms with E-state index < -0.39 is 17.2 Å². The average molecular weight is 293 g/mol. The molecule has 0 saturated carbocycles. The molecule has 1 aromatic carbocycles. The van der Waals surface area contributed by atoms with Gasteiger partial charge < -0.3 is 5.73 Å². The number of alkyl halides is 3. The van der Waals surface area contributed by atoms with E-state index in [-0.39, 0.29) is 0 Å². The monoisotopic (exact) mass is 292 g/mol. The SMILES string of the molecule is NC(c1cccc(Cl)c1)c1cnc(C(F)(F)F)s1. The summed E-state index contributed by atoms with van der Waals surface area (Å²) in [6.45, 7) is 0. The van der Waals surface area contributed by atoms with Crippen molar-refractivity contribution >= 4 is 22.9 Å². The van der Waals surface area contributed by atoms with Gasteiger partial charge in [-0.25, -0.2) is 4.98 Å². The standard InChI is InChI=1S/C11H8ClF3N2S/c12-7-3-1-2-6(4-7)9(16)8-5-17-10(18-8)11(13,14)15/h1-5,9H,16H2. The van der Waals surface area contributed by atoms with Crippen molar-refractivity contribution in [3.05, 3.63) is 50.9 Å². The van der Waals surface area contributed by atoms with Gasteiger partial charge in [0, 0.05) is 16.1 Å². The third-order valence-corrected chi connectivity index (χ3v) is 3.64. The molecule has 0 spiro atoms. The van der Waals surface area contributed by atoms with Gasteiger partial charge in [-0.3, -0.25) is 0 Å². The molecule has 1 aromatic heterocycles. The van der Waals surface area contributed by atoms with Gasteiger partial charge in [-0.05, 0) is 17.7 Å². The number of thiazole rings is 1. The van der Waals surface area contributed by atoms with Gasteiger partial charge in [0.15, 0.2) is 5.01 Å². The zero-order valence-corrected chi connectivity index (χ0v) is 10.5. The minimum Gasteiger partial charge on any atom is -0.320 e. The molecule has 1 heterocycles. The average Bonchev–Trinajstić information content (AvgIpc) is 2.77. The number of halogens is 4. The fraction of sp³-hybridized carbons (Fsp3) is 0.182. The Hall–Kier alpha value is -1.11. The normalized spacial score (nSPS) is 13.6. The van der Waals surface area contributed by atoms with Crippen molar-refractivity contribution in [1.82, 2.24) is 4.98 Å². The zero-order valence-electron chi connectivity index (χ0n) is 8.91. The highest BCUT2D eigenvalue weighted by Gasteiger charge is 2.35. The van der Waals surface area contributed by atoms with E-state index in [2.05, 4.69) is 4.98 Å². The molecule has 0 bridgehead atoms. The zero-order chi connectivity index (χ0) is 13.3. The number of hydrogen-bond donors (Lipinski definition) is 1. The van der Waals surface area contributed by atoms with E-state index in [4.69, 9.17) is 17.3 Å². The third-order valence-electron chi connectivity index (χ3n) is 2.28. The number of aromatic nitrogens is 1. The van der Waals surface area contributed by atoms with Crippen LogP contribution in [0.3, 0.4) is 0 Å². The van der Waals surface area contributed by atoms with Gasteiger partial charge in [-0.1, -0.05) is 23.7 Å². The maximum absolute atomic E-state index is 12.4. The second-order valence-corrected chi connectivity index (χ2v) is 5.10. The minimum atomic E-state index is -4.43. The van der Waals surface area contributed by atoms with Gasteiger partial charge in [-0.2, -0.15) is 13.2 Å². The van der Waals surface area contributed by atoms with Crippen LogP contribution in [0.15, 0.2) is 30.5 Å². The van der Waals surface area contributed by atoms with Crippen molar-refractivity contribution in [3.8, 4) is 0 Å². The van der Waals surface area contributed by atoms with Crippen molar-refractivity contribution in [2.45, 2.75) is 12.2 Å². The molecule has 96 valence electrons. The number of hydrogen-bond acceptors (Lipinski definition) is 3. The molecule has 2 aromatic rings. The van der Waals surface area contributed by atoms with E-state index in [0.29, 0.717) is 26.8 Å². The fourth-order valence-electron chi connectivity index (χ4n) is 1.43. The number of rotatable bonds is 2. The molecule has 0 radical (unpaired) electrons. The topological polar surface area (TPSA) is 38.9 Å². The van der Waals surface area contributed by atoms with Crippen LogP contribution in [0.1, 0.15) is 21.5 Å². The Morgan fingerprint density at radius 2 is 2.06 bits per heavy atom. The van der Waals surface area contributed by atoms with Crippen molar-refractivity contribution < 1.29 is 13.2 Å². The van der Waals surface area contributed by atoms with E-state index in [0.717, 1.165) is 6.20 Å². The van der Waals surface area contributed by atoms with Crippen LogP contribution in [0.25, 0.3) is 0 Å². The van der Waals surface area contributed by atoms with Crippen LogP contribution in [0.5, 0.6) is 0 Å². The molecular formula is C11H8ClF3N2S. The molecule has 2 nitrogen and oxygen atoms in total. The van der Waals surface area contributed by atoms with E-state index in [1.807, 2.05) is 0 Å². The van der Waals surface area contributed by atoms with Crippen LogP contribution in [-0.2, 0) is 6.18 Å². The van der Waals surface area contributed by atoms with Crippen molar-refractivity contribution in [2.24, 2.45) is 5.73 Å². The molecule has 7 heteroatoms. The lowest BCUT2D eigenvalue weighted by Gasteiger charge is -2.09. The van der Waals surface area contributed by atoms with E-state index in [1.54, 1.807) is 24.3 Å². The predicted octanol–water partition coefficient (Wildman–Crippen LogP) is 3.86. The van der Waals surface area contributed by atoms with Crippen LogP contribution in [0.4, 0.5) is 13.2 Å². The first-order valence-electron chi connectivity index (χ1n) is 4.92. The van der Waals surface area contributed by atoms with Gasteiger partial charge >= 0.3 is 6.18 Å². The van der Waals surface area contributed by atoms with Crippen molar-refractivity contribution in [3.63, 3.8) is 0 Å². The summed E-state index contributed by atoms with van der Waals surface area (Å²) in [4.78, 5) is 3.69. The lowest BCUT2D eigenvalue weighted by atomic mass is 10.1. The molecule has 1 unspecified atom stereocenters. The first-order chi connectivity index (χ1) is 8.38. The summed E-state index contributed by atoms with van der Waals surface area (Å²) in [5, 5.41) is -0.404. The van der Waals surface area contributed by atoms with E-state index in [1.165, 1.54) is 0 Å². The molecule has 18 heavy (non-hydrogen) atoms. The summed E-state index contributed by atoms with van der Waals surface area (Å²) in [5.41, 5.74) is 6.54. The van der Waals surface area contributed by atoms with Crippen LogP contribution in [0, 0.1) is 0 Å². The van der Waals surface area contributed by atoms with Gasteiger partial charge in [0.2, 0.25) is 0 Å². The van der Waals surface area contributed by atoms with Crippen molar-refractivity contribution in [1.29, 1.82) is 0 Å². The molecular weight excluding hydrogens is 285 g/mol. The summed E-state index contributed by atoms with van der Waals surface area (Å²) in [7, 11) is 0. The molecule has 0 aliphatic heterocycles. The Bertz CT molecular complexity index is 553. The Balaban J connectivity index is 2.29. The van der Waals surface area contributed by atoms with Crippen LogP contribution >= 0.6 is 22.9 Å². The molecule has 0 fully saturated rings. The largest absolute Gasteiger partial charge is 0.443 e. The molecule has 0 amide bonds. The molecule has 0 saturated heterocycles. The van der Waals surface area contributed by atoms with Gasteiger partial charge in [0.1, 0.15) is 0 Å². The molecule has 2 N–H and O–H groups in total. The Labute approximate surface area is 110 Å². The predicted molar refractivity (Wildman–Crippen MR) is 64.6 cm³/mol. The molecule has 1 atom stereocenters. The molecule has 0 aliphatic rings. The first-order valence-corrected chi connectivity index (χ1v) is 6.11. The maximum Gasteiger partial charge on any atom is 0.443 e. The highest BCUT2D eigenvalue weighted by Crippen LogP contribution is 2.35. The number of nitrogens with two attached hydrogens (primary N) is 1. The summed E-state index contributed by atoms with van der Waals surface area (Å²) in [6.07, 6.45) is -3.28. The summed E-state index contributed by atoms with van der Waals surface area (Å²) in [6, 6.07) is 6.05. The lowest BCUT2D eigenvalue weighted by Crippen LogP contribution is -2.10. The van der Waals surface area contributed by atoms with Gasteiger partial charge in [-0.15, -0.1) is 11.3 Å². The first kappa shape index (κ1) is 13.3. The van der Waals surface area contributed by atoms with Gasteiger partial charge in [0.05, 0.1) is 6.04 Å². The Morgan fingerprint density at radius 3 is 2.61 bits per heavy atom. The summed E-state index contributed by atoms with van der Waals surface area (Å²) >= 11 is 6.35. The lowest BCUT2D eigenvalue weighted by molar-refractivity contribution is -0.137. The highest BCUT2D eigenvalue weighted by molar-refractivity contribution is 7.11. The van der Waals surface area contributed by atoms with Crippen LogP contribution in [-0.4, -0.2) is 4.98 Å². The number of nitrogens with zero attached hydrogens (tertiary/aromatic N) is 1. The summed E-state index contributed by atoms with van der Waals surface area (Å²) in [5.74, 6) is 0. The smallest absolute Gasteiger partial charge is 0.320 e. The molecule has 2 rings (SSSR count). The van der Waals surface area contributed by atoms with Crippen molar-refractivity contribution in [2.75, 3.05) is 0 Å². The Kier molecular flexibility index (Phi) is 3.61. The number of benzene rings is 1. The quantitative estimate of drug-likeness (QED) is 0.913. The van der Waals surface area contributed by atoms with Crippen LogP contribution < -0.4 is 5.73 Å². The third kappa shape index (κ3) is 2.82. The van der Waals surface area contributed by atoms with E-state index >= 15 is 0 Å². The second kappa shape index (κ2) is 4.87. The fourth-order valence-corrected chi connectivity index (χ4v) is 2.44. The van der Waals surface area contributed by atoms with E-state index in [9.17, 15) is 13.2 Å². The second-order valence-electron chi connectivity index (χ2n) is 3.60. The minimum absolute atomic E-state index is 0.351. The highest BCUT2D eigenvalue weighted by atomic mass is 35.5. The summed E-state index contributed by atoms with van der Waals surface area (Å²) < 4.78 is 37.3. The Morgan fingerprint density at radius 1 is 1.33 bits per heavy atom. The van der Waals surface area contributed by atoms with Gasteiger partial charge in [0.25, 0.3) is 0 Å². The maximum atomic E-state index is 12.4.